The highest BCUT2D eigenvalue weighted by Crippen LogP contribution is 2.23. The zero-order valence-corrected chi connectivity index (χ0v) is 11.5. The van der Waals surface area contributed by atoms with Gasteiger partial charge in [-0.3, -0.25) is 9.78 Å². The third-order valence-electron chi connectivity index (χ3n) is 2.62. The van der Waals surface area contributed by atoms with Crippen LogP contribution in [0.15, 0.2) is 28.7 Å². The van der Waals surface area contributed by atoms with E-state index >= 15 is 0 Å². The van der Waals surface area contributed by atoms with Gasteiger partial charge in [-0.25, -0.2) is 0 Å². The van der Waals surface area contributed by atoms with Gasteiger partial charge < -0.3 is 10.4 Å². The summed E-state index contributed by atoms with van der Waals surface area (Å²) >= 11 is 3.41. The molecule has 1 aromatic carbocycles. The molecular weight excluding hydrogens is 296 g/mol. The van der Waals surface area contributed by atoms with Crippen molar-refractivity contribution in [2.24, 2.45) is 0 Å². The third-order valence-corrected chi connectivity index (χ3v) is 3.12. The Bertz CT molecular complexity index is 599. The molecule has 1 heterocycles. The van der Waals surface area contributed by atoms with Gasteiger partial charge in [0.25, 0.3) is 0 Å². The first kappa shape index (κ1) is 12.8. The summed E-state index contributed by atoms with van der Waals surface area (Å²) in [4.78, 5) is 15.0. The summed E-state index contributed by atoms with van der Waals surface area (Å²) in [5.41, 5.74) is 2.67. The summed E-state index contributed by atoms with van der Waals surface area (Å²) < 4.78 is 0.994. The van der Waals surface area contributed by atoms with Crippen LogP contribution < -0.4 is 5.32 Å². The minimum Gasteiger partial charge on any atom is -0.481 e. The summed E-state index contributed by atoms with van der Waals surface area (Å²) in [7, 11) is 0. The Balaban J connectivity index is 2.26. The van der Waals surface area contributed by atoms with Crippen LogP contribution in [0.1, 0.15) is 12.1 Å². The number of hydrogen-bond donors (Lipinski definition) is 2. The molecule has 0 bridgehead atoms. The van der Waals surface area contributed by atoms with Crippen molar-refractivity contribution in [3.05, 3.63) is 34.4 Å². The number of anilines is 1. The Morgan fingerprint density at radius 2 is 2.22 bits per heavy atom. The van der Waals surface area contributed by atoms with Crippen LogP contribution in [-0.4, -0.2) is 22.6 Å². The monoisotopic (exact) mass is 308 g/mol. The predicted molar refractivity (Wildman–Crippen MR) is 74.9 cm³/mol. The van der Waals surface area contributed by atoms with E-state index in [0.717, 1.165) is 26.8 Å². The van der Waals surface area contributed by atoms with Crippen molar-refractivity contribution in [1.82, 2.24) is 4.98 Å². The van der Waals surface area contributed by atoms with E-state index in [1.807, 2.05) is 31.2 Å². The summed E-state index contributed by atoms with van der Waals surface area (Å²) in [5.74, 6) is -0.808. The van der Waals surface area contributed by atoms with Gasteiger partial charge in [0.05, 0.1) is 23.3 Å². The van der Waals surface area contributed by atoms with Crippen LogP contribution in [0.2, 0.25) is 0 Å². The number of carboxylic acid groups (broad SMARTS) is 1. The van der Waals surface area contributed by atoms with Gasteiger partial charge in [-0.2, -0.15) is 0 Å². The molecule has 0 fully saturated rings. The van der Waals surface area contributed by atoms with E-state index < -0.39 is 5.97 Å². The van der Waals surface area contributed by atoms with E-state index in [2.05, 4.69) is 26.2 Å². The van der Waals surface area contributed by atoms with Gasteiger partial charge in [-0.05, 0) is 25.1 Å². The number of fused-ring (bicyclic) bond motifs is 1. The number of halogens is 1. The van der Waals surface area contributed by atoms with Gasteiger partial charge in [-0.15, -0.1) is 0 Å². The fourth-order valence-electron chi connectivity index (χ4n) is 1.72. The van der Waals surface area contributed by atoms with Crippen LogP contribution in [0.3, 0.4) is 0 Å². The number of benzene rings is 1. The van der Waals surface area contributed by atoms with Crippen molar-refractivity contribution < 1.29 is 9.90 Å². The molecular formula is C13H13BrN2O2. The van der Waals surface area contributed by atoms with Gasteiger partial charge in [0.1, 0.15) is 0 Å². The first-order valence-electron chi connectivity index (χ1n) is 5.59. The van der Waals surface area contributed by atoms with Crippen molar-refractivity contribution in [3.63, 3.8) is 0 Å². The van der Waals surface area contributed by atoms with Crippen molar-refractivity contribution in [2.75, 3.05) is 11.9 Å². The summed E-state index contributed by atoms with van der Waals surface area (Å²) in [6.07, 6.45) is 0.0951. The molecule has 2 rings (SSSR count). The minimum atomic E-state index is -0.808. The predicted octanol–water partition coefficient (Wildman–Crippen LogP) is 3.19. The molecule has 0 atom stereocenters. The van der Waals surface area contributed by atoms with Crippen molar-refractivity contribution >= 4 is 38.5 Å². The molecule has 94 valence electrons. The lowest BCUT2D eigenvalue weighted by molar-refractivity contribution is -0.136. The molecule has 0 aliphatic carbocycles. The second-order valence-corrected chi connectivity index (χ2v) is 4.94. The van der Waals surface area contributed by atoms with E-state index in [1.165, 1.54) is 0 Å². The van der Waals surface area contributed by atoms with Crippen LogP contribution in [0.25, 0.3) is 10.9 Å². The molecule has 0 radical (unpaired) electrons. The molecule has 5 heteroatoms. The van der Waals surface area contributed by atoms with Gasteiger partial charge in [0, 0.05) is 16.4 Å². The molecule has 2 N–H and O–H groups in total. The van der Waals surface area contributed by atoms with E-state index in [4.69, 9.17) is 5.11 Å². The largest absolute Gasteiger partial charge is 0.481 e. The Morgan fingerprint density at radius 3 is 2.94 bits per heavy atom. The fraction of sp³-hybridized carbons (Fsp3) is 0.231. The van der Waals surface area contributed by atoms with Gasteiger partial charge in [0.2, 0.25) is 0 Å². The summed E-state index contributed by atoms with van der Waals surface area (Å²) in [5, 5.41) is 12.7. The molecule has 0 unspecified atom stereocenters. The normalized spacial score (nSPS) is 10.6. The van der Waals surface area contributed by atoms with Crippen LogP contribution in [0, 0.1) is 6.92 Å². The Kier molecular flexibility index (Phi) is 3.81. The number of pyridine rings is 1. The van der Waals surface area contributed by atoms with Gasteiger partial charge >= 0.3 is 5.97 Å². The standard InChI is InChI=1S/C13H13BrN2O2/c1-8-11(15-5-4-13(17)18)6-9-2-3-10(14)7-12(9)16-8/h2-3,6-7,15H,4-5H2,1H3,(H,17,18). The second-order valence-electron chi connectivity index (χ2n) is 4.03. The molecule has 0 saturated carbocycles. The first-order chi connectivity index (χ1) is 8.56. The topological polar surface area (TPSA) is 62.2 Å². The molecule has 0 spiro atoms. The van der Waals surface area contributed by atoms with Crippen LogP contribution in [-0.2, 0) is 4.79 Å². The smallest absolute Gasteiger partial charge is 0.305 e. The highest BCUT2D eigenvalue weighted by molar-refractivity contribution is 9.10. The number of carboxylic acids is 1. The number of aryl methyl sites for hydroxylation is 1. The van der Waals surface area contributed by atoms with Crippen molar-refractivity contribution in [2.45, 2.75) is 13.3 Å². The van der Waals surface area contributed by atoms with E-state index in [9.17, 15) is 4.79 Å². The highest BCUT2D eigenvalue weighted by Gasteiger charge is 2.04. The molecule has 0 amide bonds. The second kappa shape index (κ2) is 5.35. The maximum atomic E-state index is 10.5. The number of aliphatic carboxylic acids is 1. The summed E-state index contributed by atoms with van der Waals surface area (Å²) in [6.45, 7) is 2.31. The molecule has 0 saturated heterocycles. The first-order valence-corrected chi connectivity index (χ1v) is 6.38. The van der Waals surface area contributed by atoms with E-state index in [0.29, 0.717) is 6.54 Å². The lowest BCUT2D eigenvalue weighted by Crippen LogP contribution is -2.08. The zero-order valence-electron chi connectivity index (χ0n) is 9.90. The molecule has 18 heavy (non-hydrogen) atoms. The number of rotatable bonds is 4. The number of carbonyl (C=O) groups is 1. The number of aromatic nitrogens is 1. The lowest BCUT2D eigenvalue weighted by atomic mass is 10.2. The fourth-order valence-corrected chi connectivity index (χ4v) is 2.07. The zero-order chi connectivity index (χ0) is 13.1. The molecule has 2 aromatic rings. The molecule has 4 nitrogen and oxygen atoms in total. The minimum absolute atomic E-state index is 0.0951. The third kappa shape index (κ3) is 2.98. The Morgan fingerprint density at radius 1 is 1.44 bits per heavy atom. The molecule has 0 aliphatic heterocycles. The number of nitrogens with one attached hydrogen (secondary N) is 1. The van der Waals surface area contributed by atoms with Crippen molar-refractivity contribution in [3.8, 4) is 0 Å². The van der Waals surface area contributed by atoms with Crippen LogP contribution >= 0.6 is 15.9 Å². The molecule has 1 aromatic heterocycles. The summed E-state index contributed by atoms with van der Waals surface area (Å²) in [6, 6.07) is 7.89. The average molecular weight is 309 g/mol. The molecule has 0 aliphatic rings. The van der Waals surface area contributed by atoms with Crippen LogP contribution in [0.4, 0.5) is 5.69 Å². The average Bonchev–Trinajstić information content (AvgIpc) is 2.29. The van der Waals surface area contributed by atoms with E-state index in [-0.39, 0.29) is 6.42 Å². The maximum Gasteiger partial charge on any atom is 0.305 e. The highest BCUT2D eigenvalue weighted by atomic mass is 79.9. The maximum absolute atomic E-state index is 10.5. The van der Waals surface area contributed by atoms with Gasteiger partial charge in [-0.1, -0.05) is 22.0 Å². The van der Waals surface area contributed by atoms with Gasteiger partial charge in [0.15, 0.2) is 0 Å². The van der Waals surface area contributed by atoms with Crippen molar-refractivity contribution in [1.29, 1.82) is 0 Å². The lowest BCUT2D eigenvalue weighted by Gasteiger charge is -2.09. The quantitative estimate of drug-likeness (QED) is 0.910. The Labute approximate surface area is 113 Å². The van der Waals surface area contributed by atoms with E-state index in [1.54, 1.807) is 0 Å². The Hall–Kier alpha value is -1.62. The SMILES string of the molecule is Cc1nc2cc(Br)ccc2cc1NCCC(=O)O. The van der Waals surface area contributed by atoms with Crippen LogP contribution in [0.5, 0.6) is 0 Å². The number of nitrogens with zero attached hydrogens (tertiary/aromatic N) is 1. The number of hydrogen-bond acceptors (Lipinski definition) is 3.